The van der Waals surface area contributed by atoms with Gasteiger partial charge in [0.2, 0.25) is 0 Å². The first-order chi connectivity index (χ1) is 5.65. The number of carbonyl (C=O) groups is 1. The molecule has 0 aliphatic carbocycles. The van der Waals surface area contributed by atoms with Crippen molar-refractivity contribution in [3.63, 3.8) is 0 Å². The predicted octanol–water partition coefficient (Wildman–Crippen LogP) is 2.18. The molecule has 1 aromatic heterocycles. The summed E-state index contributed by atoms with van der Waals surface area (Å²) >= 11 is 3.19. The predicted molar refractivity (Wildman–Crippen MR) is 50.2 cm³/mol. The summed E-state index contributed by atoms with van der Waals surface area (Å²) in [6, 6.07) is 0. The van der Waals surface area contributed by atoms with E-state index in [4.69, 9.17) is 0 Å². The van der Waals surface area contributed by atoms with Gasteiger partial charge in [-0.15, -0.1) is 0 Å². The van der Waals surface area contributed by atoms with Gasteiger partial charge in [0.15, 0.2) is 6.29 Å². The summed E-state index contributed by atoms with van der Waals surface area (Å²) in [4.78, 5) is 10.6. The van der Waals surface area contributed by atoms with Crippen LogP contribution in [0.1, 0.15) is 29.9 Å². The highest BCUT2D eigenvalue weighted by Gasteiger charge is 2.10. The van der Waals surface area contributed by atoms with Crippen LogP contribution in [0.25, 0.3) is 0 Å². The third-order valence-electron chi connectivity index (χ3n) is 1.57. The van der Waals surface area contributed by atoms with E-state index >= 15 is 0 Å². The zero-order valence-corrected chi connectivity index (χ0v) is 8.68. The fourth-order valence-corrected chi connectivity index (χ4v) is 1.47. The zero-order valence-electron chi connectivity index (χ0n) is 7.10. The minimum Gasteiger partial charge on any atom is -0.298 e. The molecule has 0 aromatic carbocycles. The number of aromatic nitrogens is 2. The summed E-state index contributed by atoms with van der Waals surface area (Å²) in [7, 11) is 0. The molecule has 1 N–H and O–H groups in total. The molecule has 0 amide bonds. The fraction of sp³-hybridized carbons (Fsp3) is 0.500. The number of nitrogens with one attached hydrogen (secondary N) is 1. The maximum absolute atomic E-state index is 10.6. The van der Waals surface area contributed by atoms with Crippen LogP contribution in [0, 0.1) is 5.92 Å². The number of aldehydes is 1. The second kappa shape index (κ2) is 3.85. The van der Waals surface area contributed by atoms with E-state index in [1.165, 1.54) is 0 Å². The molecular formula is C8H11BrN2O. The Bertz CT molecular complexity index is 281. The van der Waals surface area contributed by atoms with E-state index in [0.29, 0.717) is 16.1 Å². The van der Waals surface area contributed by atoms with Crippen LogP contribution in [0.4, 0.5) is 0 Å². The molecule has 1 rings (SSSR count). The minimum absolute atomic E-state index is 0.524. The van der Waals surface area contributed by atoms with E-state index < -0.39 is 0 Å². The minimum atomic E-state index is 0.524. The molecule has 0 unspecified atom stereocenters. The van der Waals surface area contributed by atoms with Crippen LogP contribution in [0.5, 0.6) is 0 Å². The molecule has 0 aliphatic rings. The van der Waals surface area contributed by atoms with Gasteiger partial charge in [-0.2, -0.15) is 5.10 Å². The average Bonchev–Trinajstić information content (AvgIpc) is 2.30. The van der Waals surface area contributed by atoms with Gasteiger partial charge in [0, 0.05) is 5.69 Å². The lowest BCUT2D eigenvalue weighted by Crippen LogP contribution is -1.97. The molecule has 66 valence electrons. The zero-order chi connectivity index (χ0) is 9.14. The lowest BCUT2D eigenvalue weighted by Gasteiger charge is -2.01. The molecule has 1 heterocycles. The van der Waals surface area contributed by atoms with Crippen LogP contribution in [-0.2, 0) is 6.42 Å². The van der Waals surface area contributed by atoms with Crippen molar-refractivity contribution in [2.24, 2.45) is 5.92 Å². The van der Waals surface area contributed by atoms with Gasteiger partial charge >= 0.3 is 0 Å². The van der Waals surface area contributed by atoms with Crippen molar-refractivity contribution in [1.29, 1.82) is 0 Å². The molecule has 0 spiro atoms. The smallest absolute Gasteiger partial charge is 0.154 e. The quantitative estimate of drug-likeness (QED) is 0.810. The Hall–Kier alpha value is -0.640. The van der Waals surface area contributed by atoms with E-state index in [-0.39, 0.29) is 0 Å². The van der Waals surface area contributed by atoms with E-state index in [2.05, 4.69) is 40.0 Å². The number of carbonyl (C=O) groups excluding carboxylic acids is 1. The lowest BCUT2D eigenvalue weighted by molar-refractivity contribution is 0.112. The van der Waals surface area contributed by atoms with E-state index in [9.17, 15) is 4.79 Å². The van der Waals surface area contributed by atoms with E-state index in [1.807, 2.05) is 0 Å². The Balaban J connectivity index is 2.91. The summed E-state index contributed by atoms with van der Waals surface area (Å²) in [5, 5.41) is 6.73. The molecular weight excluding hydrogens is 220 g/mol. The maximum Gasteiger partial charge on any atom is 0.154 e. The van der Waals surface area contributed by atoms with Crippen molar-refractivity contribution < 1.29 is 4.79 Å². The molecule has 1 aromatic rings. The molecule has 0 atom stereocenters. The molecule has 0 saturated heterocycles. The normalized spacial score (nSPS) is 10.7. The summed E-state index contributed by atoms with van der Waals surface area (Å²) in [6.07, 6.45) is 1.68. The third kappa shape index (κ3) is 1.94. The largest absolute Gasteiger partial charge is 0.298 e. The Morgan fingerprint density at radius 1 is 1.67 bits per heavy atom. The van der Waals surface area contributed by atoms with Gasteiger partial charge in [-0.25, -0.2) is 0 Å². The maximum atomic E-state index is 10.6. The van der Waals surface area contributed by atoms with Crippen LogP contribution >= 0.6 is 15.9 Å². The van der Waals surface area contributed by atoms with Crippen molar-refractivity contribution in [2.75, 3.05) is 0 Å². The number of hydrogen-bond acceptors (Lipinski definition) is 2. The molecule has 3 nitrogen and oxygen atoms in total. The van der Waals surface area contributed by atoms with Crippen molar-refractivity contribution in [3.05, 3.63) is 15.9 Å². The monoisotopic (exact) mass is 230 g/mol. The van der Waals surface area contributed by atoms with Crippen molar-refractivity contribution >= 4 is 22.2 Å². The molecule has 12 heavy (non-hydrogen) atoms. The van der Waals surface area contributed by atoms with Gasteiger partial charge in [0.05, 0.1) is 5.56 Å². The highest BCUT2D eigenvalue weighted by atomic mass is 79.9. The Kier molecular flexibility index (Phi) is 3.03. The number of hydrogen-bond donors (Lipinski definition) is 1. The van der Waals surface area contributed by atoms with Crippen molar-refractivity contribution in [3.8, 4) is 0 Å². The molecule has 0 fully saturated rings. The Morgan fingerprint density at radius 2 is 2.33 bits per heavy atom. The van der Waals surface area contributed by atoms with Crippen LogP contribution in [0.15, 0.2) is 4.60 Å². The number of aromatic amines is 1. The van der Waals surface area contributed by atoms with Crippen molar-refractivity contribution in [1.82, 2.24) is 10.2 Å². The third-order valence-corrected chi connectivity index (χ3v) is 2.17. The first-order valence-electron chi connectivity index (χ1n) is 3.83. The summed E-state index contributed by atoms with van der Waals surface area (Å²) in [5.74, 6) is 0.524. The molecule has 0 saturated carbocycles. The van der Waals surface area contributed by atoms with Crippen LogP contribution < -0.4 is 0 Å². The Labute approximate surface area is 79.7 Å². The van der Waals surface area contributed by atoms with E-state index in [1.54, 1.807) is 0 Å². The van der Waals surface area contributed by atoms with Gasteiger partial charge < -0.3 is 0 Å². The van der Waals surface area contributed by atoms with Crippen molar-refractivity contribution in [2.45, 2.75) is 20.3 Å². The number of halogens is 1. The van der Waals surface area contributed by atoms with E-state index in [0.717, 1.165) is 18.4 Å². The molecule has 0 radical (unpaired) electrons. The average molecular weight is 231 g/mol. The molecule has 4 heteroatoms. The van der Waals surface area contributed by atoms with Gasteiger partial charge in [0.1, 0.15) is 4.60 Å². The first-order valence-corrected chi connectivity index (χ1v) is 4.62. The number of nitrogens with zero attached hydrogens (tertiary/aromatic N) is 1. The number of H-pyrrole nitrogens is 1. The number of rotatable bonds is 3. The molecule has 0 bridgehead atoms. The van der Waals surface area contributed by atoms with Gasteiger partial charge in [-0.05, 0) is 28.3 Å². The van der Waals surface area contributed by atoms with Gasteiger partial charge in [-0.1, -0.05) is 13.8 Å². The summed E-state index contributed by atoms with van der Waals surface area (Å²) in [5.41, 5.74) is 1.55. The second-order valence-corrected chi connectivity index (χ2v) is 3.87. The van der Waals surface area contributed by atoms with Gasteiger partial charge in [0.25, 0.3) is 0 Å². The molecule has 0 aliphatic heterocycles. The summed E-state index contributed by atoms with van der Waals surface area (Å²) in [6.45, 7) is 4.20. The second-order valence-electron chi connectivity index (χ2n) is 3.12. The highest BCUT2D eigenvalue weighted by molar-refractivity contribution is 9.10. The van der Waals surface area contributed by atoms with Crippen LogP contribution in [-0.4, -0.2) is 16.5 Å². The van der Waals surface area contributed by atoms with Gasteiger partial charge in [-0.3, -0.25) is 9.89 Å². The highest BCUT2D eigenvalue weighted by Crippen LogP contribution is 2.17. The Morgan fingerprint density at radius 3 is 2.83 bits per heavy atom. The fourth-order valence-electron chi connectivity index (χ4n) is 1.05. The standard InChI is InChI=1S/C8H11BrN2O/c1-5(2)3-7-6(4-12)8(9)11-10-7/h4-5H,3H2,1-2H3,(H,10,11). The lowest BCUT2D eigenvalue weighted by atomic mass is 10.1. The first kappa shape index (κ1) is 9.45. The summed E-state index contributed by atoms with van der Waals surface area (Å²) < 4.78 is 0.605. The van der Waals surface area contributed by atoms with Crippen LogP contribution in [0.3, 0.4) is 0 Å². The topological polar surface area (TPSA) is 45.8 Å². The SMILES string of the molecule is CC(C)Cc1[nH]nc(Br)c1C=O. The van der Waals surface area contributed by atoms with Crippen LogP contribution in [0.2, 0.25) is 0 Å².